The first-order valence-corrected chi connectivity index (χ1v) is 7.00. The van der Waals surface area contributed by atoms with E-state index < -0.39 is 0 Å². The summed E-state index contributed by atoms with van der Waals surface area (Å²) in [7, 11) is 0. The Balaban J connectivity index is 2.59. The number of hydrogen-bond donors (Lipinski definition) is 3. The molecule has 3 N–H and O–H groups in total. The van der Waals surface area contributed by atoms with E-state index in [-0.39, 0.29) is 6.10 Å². The van der Waals surface area contributed by atoms with Crippen LogP contribution in [0.25, 0.3) is 0 Å². The van der Waals surface area contributed by atoms with Crippen molar-refractivity contribution >= 4 is 27.6 Å². The molecule has 1 rings (SSSR count). The van der Waals surface area contributed by atoms with E-state index in [1.54, 1.807) is 0 Å². The highest BCUT2D eigenvalue weighted by Crippen LogP contribution is 2.26. The lowest BCUT2D eigenvalue weighted by Gasteiger charge is -2.15. The number of aromatic nitrogens is 2. The molecule has 6 heteroatoms. The van der Waals surface area contributed by atoms with Crippen LogP contribution in [0.4, 0.5) is 11.6 Å². The molecule has 0 aromatic carbocycles. The largest absolute Gasteiger partial charge is 0.391 e. The summed E-state index contributed by atoms with van der Waals surface area (Å²) in [5.41, 5.74) is 0. The van der Waals surface area contributed by atoms with Crippen LogP contribution in [0.5, 0.6) is 0 Å². The van der Waals surface area contributed by atoms with Crippen LogP contribution in [0.3, 0.4) is 0 Å². The normalized spacial score (nSPS) is 12.6. The lowest BCUT2D eigenvalue weighted by Crippen LogP contribution is -2.22. The van der Waals surface area contributed by atoms with Crippen molar-refractivity contribution in [3.05, 3.63) is 10.8 Å². The van der Waals surface area contributed by atoms with E-state index in [2.05, 4.69) is 50.4 Å². The zero-order valence-corrected chi connectivity index (χ0v) is 12.7. The van der Waals surface area contributed by atoms with Crippen molar-refractivity contribution in [1.29, 1.82) is 0 Å². The van der Waals surface area contributed by atoms with Gasteiger partial charge >= 0.3 is 0 Å². The molecule has 0 aliphatic carbocycles. The highest BCUT2D eigenvalue weighted by molar-refractivity contribution is 9.10. The summed E-state index contributed by atoms with van der Waals surface area (Å²) in [6.45, 7) is 7.47. The highest BCUT2D eigenvalue weighted by Gasteiger charge is 2.11. The van der Waals surface area contributed by atoms with Gasteiger partial charge in [-0.2, -0.15) is 0 Å². The molecule has 18 heavy (non-hydrogen) atoms. The second-order valence-corrected chi connectivity index (χ2v) is 5.37. The number of nitrogens with one attached hydrogen (secondary N) is 2. The molecule has 0 saturated heterocycles. The maximum Gasteiger partial charge on any atom is 0.146 e. The van der Waals surface area contributed by atoms with E-state index in [9.17, 15) is 5.11 Å². The number of hydrogen-bond acceptors (Lipinski definition) is 5. The SMILES string of the molecule is CCNc1ncnc(NCC(O)CC(C)C)c1Br. The summed E-state index contributed by atoms with van der Waals surface area (Å²) >= 11 is 3.45. The van der Waals surface area contributed by atoms with Gasteiger partial charge in [0.1, 0.15) is 22.4 Å². The van der Waals surface area contributed by atoms with Crippen LogP contribution < -0.4 is 10.6 Å². The summed E-state index contributed by atoms with van der Waals surface area (Å²) < 4.78 is 0.795. The van der Waals surface area contributed by atoms with Crippen molar-refractivity contribution in [2.75, 3.05) is 23.7 Å². The quantitative estimate of drug-likeness (QED) is 0.721. The lowest BCUT2D eigenvalue weighted by molar-refractivity contribution is 0.161. The molecule has 102 valence electrons. The zero-order chi connectivity index (χ0) is 13.5. The van der Waals surface area contributed by atoms with Crippen LogP contribution in [0, 0.1) is 5.92 Å². The van der Waals surface area contributed by atoms with E-state index in [1.807, 2.05) is 6.92 Å². The Bertz CT molecular complexity index is 373. The minimum atomic E-state index is -0.366. The Labute approximate surface area is 117 Å². The van der Waals surface area contributed by atoms with Gasteiger partial charge in [0, 0.05) is 13.1 Å². The van der Waals surface area contributed by atoms with Crippen LogP contribution in [-0.2, 0) is 0 Å². The van der Waals surface area contributed by atoms with Crippen molar-refractivity contribution in [3.63, 3.8) is 0 Å². The van der Waals surface area contributed by atoms with Gasteiger partial charge in [0.25, 0.3) is 0 Å². The topological polar surface area (TPSA) is 70.1 Å². The molecular weight excluding hydrogens is 296 g/mol. The average molecular weight is 317 g/mol. The molecule has 5 nitrogen and oxygen atoms in total. The van der Waals surface area contributed by atoms with Gasteiger partial charge in [-0.1, -0.05) is 13.8 Å². The maximum atomic E-state index is 9.81. The number of halogens is 1. The monoisotopic (exact) mass is 316 g/mol. The molecule has 0 fully saturated rings. The summed E-state index contributed by atoms with van der Waals surface area (Å²) in [5, 5.41) is 16.1. The first-order chi connectivity index (χ1) is 8.54. The Kier molecular flexibility index (Phi) is 6.35. The molecule has 1 aromatic rings. The van der Waals surface area contributed by atoms with E-state index >= 15 is 0 Å². The maximum absolute atomic E-state index is 9.81. The fraction of sp³-hybridized carbons (Fsp3) is 0.667. The Morgan fingerprint density at radius 1 is 1.28 bits per heavy atom. The number of aliphatic hydroxyl groups is 1. The first kappa shape index (κ1) is 15.2. The molecule has 0 amide bonds. The van der Waals surface area contributed by atoms with Crippen molar-refractivity contribution < 1.29 is 5.11 Å². The lowest BCUT2D eigenvalue weighted by atomic mass is 10.1. The van der Waals surface area contributed by atoms with E-state index in [1.165, 1.54) is 6.33 Å². The summed E-state index contributed by atoms with van der Waals surface area (Å²) in [6, 6.07) is 0. The van der Waals surface area contributed by atoms with Crippen LogP contribution in [0.2, 0.25) is 0 Å². The van der Waals surface area contributed by atoms with Gasteiger partial charge < -0.3 is 15.7 Å². The number of aliphatic hydroxyl groups excluding tert-OH is 1. The zero-order valence-electron chi connectivity index (χ0n) is 11.1. The number of rotatable bonds is 7. The second kappa shape index (κ2) is 7.53. The number of nitrogens with zero attached hydrogens (tertiary/aromatic N) is 2. The summed E-state index contributed by atoms with van der Waals surface area (Å²) in [4.78, 5) is 8.28. The summed E-state index contributed by atoms with van der Waals surface area (Å²) in [5.74, 6) is 1.94. The van der Waals surface area contributed by atoms with Gasteiger partial charge in [0.05, 0.1) is 6.10 Å². The van der Waals surface area contributed by atoms with Gasteiger partial charge in [0.2, 0.25) is 0 Å². The second-order valence-electron chi connectivity index (χ2n) is 4.58. The Morgan fingerprint density at radius 3 is 2.44 bits per heavy atom. The molecule has 0 radical (unpaired) electrons. The van der Waals surface area contributed by atoms with Crippen molar-refractivity contribution in [3.8, 4) is 0 Å². The molecule has 0 bridgehead atoms. The van der Waals surface area contributed by atoms with Crippen LogP contribution in [0.1, 0.15) is 27.2 Å². The Hall–Kier alpha value is -0.880. The fourth-order valence-electron chi connectivity index (χ4n) is 1.63. The van der Waals surface area contributed by atoms with E-state index in [0.717, 1.165) is 23.3 Å². The fourth-order valence-corrected chi connectivity index (χ4v) is 2.11. The van der Waals surface area contributed by atoms with Gasteiger partial charge in [0.15, 0.2) is 0 Å². The van der Waals surface area contributed by atoms with Crippen molar-refractivity contribution in [2.45, 2.75) is 33.3 Å². The van der Waals surface area contributed by atoms with Crippen LogP contribution in [0.15, 0.2) is 10.8 Å². The van der Waals surface area contributed by atoms with Gasteiger partial charge in [-0.05, 0) is 35.2 Å². The third-order valence-electron chi connectivity index (χ3n) is 2.38. The smallest absolute Gasteiger partial charge is 0.146 e. The van der Waals surface area contributed by atoms with Gasteiger partial charge in [-0.25, -0.2) is 9.97 Å². The minimum absolute atomic E-state index is 0.366. The molecule has 0 aliphatic heterocycles. The molecule has 0 spiro atoms. The third kappa shape index (κ3) is 4.78. The molecule has 1 unspecified atom stereocenters. The highest BCUT2D eigenvalue weighted by atomic mass is 79.9. The van der Waals surface area contributed by atoms with Crippen LogP contribution >= 0.6 is 15.9 Å². The van der Waals surface area contributed by atoms with Crippen LogP contribution in [-0.4, -0.2) is 34.3 Å². The number of anilines is 2. The average Bonchev–Trinajstić information content (AvgIpc) is 2.29. The molecular formula is C12H21BrN4O. The van der Waals surface area contributed by atoms with E-state index in [0.29, 0.717) is 18.3 Å². The molecule has 0 saturated carbocycles. The first-order valence-electron chi connectivity index (χ1n) is 6.20. The van der Waals surface area contributed by atoms with Gasteiger partial charge in [-0.3, -0.25) is 0 Å². The van der Waals surface area contributed by atoms with Gasteiger partial charge in [-0.15, -0.1) is 0 Å². The molecule has 0 aliphatic rings. The minimum Gasteiger partial charge on any atom is -0.391 e. The molecule has 1 atom stereocenters. The predicted molar refractivity (Wildman–Crippen MR) is 77.8 cm³/mol. The standard InChI is InChI=1S/C12H21BrN4O/c1-4-14-11-10(13)12(17-7-16-11)15-6-9(18)5-8(2)3/h7-9,18H,4-6H2,1-3H3,(H2,14,15,16,17). The Morgan fingerprint density at radius 2 is 1.89 bits per heavy atom. The van der Waals surface area contributed by atoms with Crippen molar-refractivity contribution in [1.82, 2.24) is 9.97 Å². The predicted octanol–water partition coefficient (Wildman–Crippen LogP) is 2.49. The molecule has 1 aromatic heterocycles. The summed E-state index contributed by atoms with van der Waals surface area (Å²) in [6.07, 6.45) is 1.91. The third-order valence-corrected chi connectivity index (χ3v) is 3.13. The van der Waals surface area contributed by atoms with Crippen molar-refractivity contribution in [2.24, 2.45) is 5.92 Å². The van der Waals surface area contributed by atoms with E-state index in [4.69, 9.17) is 0 Å². The molecule has 1 heterocycles.